The average Bonchev–Trinajstić information content (AvgIpc) is 2.35. The number of aliphatic hydroxyl groups excluding tert-OH is 6. The van der Waals surface area contributed by atoms with Crippen LogP contribution in [0.3, 0.4) is 0 Å². The predicted octanol–water partition coefficient (Wildman–Crippen LogP) is -2.68. The summed E-state index contributed by atoms with van der Waals surface area (Å²) >= 11 is 0. The van der Waals surface area contributed by atoms with Gasteiger partial charge in [0.15, 0.2) is 0 Å². The summed E-state index contributed by atoms with van der Waals surface area (Å²) in [6.45, 7) is -0.581. The molecule has 0 heterocycles. The van der Waals surface area contributed by atoms with Crippen molar-refractivity contribution in [2.75, 3.05) is 39.6 Å². The van der Waals surface area contributed by atoms with E-state index in [0.717, 1.165) is 0 Å². The van der Waals surface area contributed by atoms with Gasteiger partial charge in [0.2, 0.25) is 0 Å². The Hall–Kier alpha value is -0.280. The summed E-state index contributed by atoms with van der Waals surface area (Å²) in [6.07, 6.45) is -1.95. The zero-order chi connectivity index (χ0) is 14.2. The smallest absolute Gasteiger partial charge is 0.0848 e. The third-order valence-electron chi connectivity index (χ3n) is 3.03. The van der Waals surface area contributed by atoms with E-state index in [9.17, 15) is 10.2 Å². The zero-order valence-corrected chi connectivity index (χ0v) is 10.6. The first-order valence-electron chi connectivity index (χ1n) is 5.83. The molecule has 0 aliphatic carbocycles. The van der Waals surface area contributed by atoms with Crippen LogP contribution in [0.4, 0.5) is 0 Å². The molecular formula is C11H24O7. The Morgan fingerprint density at radius 3 is 1.83 bits per heavy atom. The van der Waals surface area contributed by atoms with Gasteiger partial charge in [-0.3, -0.25) is 0 Å². The van der Waals surface area contributed by atoms with Gasteiger partial charge in [-0.1, -0.05) is 0 Å². The first-order chi connectivity index (χ1) is 8.46. The van der Waals surface area contributed by atoms with Crippen LogP contribution in [0.2, 0.25) is 0 Å². The minimum absolute atomic E-state index is 0.133. The fraction of sp³-hybridized carbons (Fsp3) is 1.00. The quantitative estimate of drug-likeness (QED) is 0.254. The van der Waals surface area contributed by atoms with Crippen molar-refractivity contribution in [1.29, 1.82) is 0 Å². The maximum Gasteiger partial charge on any atom is 0.0848 e. The van der Waals surface area contributed by atoms with Crippen LogP contribution in [0.1, 0.15) is 6.92 Å². The molecule has 0 aliphatic rings. The van der Waals surface area contributed by atoms with Gasteiger partial charge in [-0.25, -0.2) is 0 Å². The second-order valence-corrected chi connectivity index (χ2v) is 4.64. The van der Waals surface area contributed by atoms with Gasteiger partial charge in [-0.15, -0.1) is 0 Å². The maximum absolute atomic E-state index is 9.66. The highest BCUT2D eigenvalue weighted by atomic mass is 16.5. The molecule has 110 valence electrons. The van der Waals surface area contributed by atoms with Crippen molar-refractivity contribution < 1.29 is 35.4 Å². The van der Waals surface area contributed by atoms with Gasteiger partial charge in [0, 0.05) is 5.92 Å². The highest BCUT2D eigenvalue weighted by Crippen LogP contribution is 2.16. The molecule has 0 bridgehead atoms. The molecule has 7 heteroatoms. The Labute approximate surface area is 106 Å². The summed E-state index contributed by atoms with van der Waals surface area (Å²) in [6, 6.07) is 0. The standard InChI is InChI=1S/C11H24O7/c1-8(16)9(2-12)10(17)3-18-7-11(4-13,5-14)6-15/h8-10,12-17H,2-7H2,1H3. The SMILES string of the molecule is CC(O)C(CO)C(O)COCC(CO)(CO)CO. The number of hydrogen-bond donors (Lipinski definition) is 6. The molecule has 0 fully saturated rings. The lowest BCUT2D eigenvalue weighted by Crippen LogP contribution is -2.41. The molecule has 6 N–H and O–H groups in total. The Kier molecular flexibility index (Phi) is 8.62. The van der Waals surface area contributed by atoms with Crippen molar-refractivity contribution in [3.8, 4) is 0 Å². The third kappa shape index (κ3) is 5.15. The zero-order valence-electron chi connectivity index (χ0n) is 10.6. The minimum Gasteiger partial charge on any atom is -0.396 e. The van der Waals surface area contributed by atoms with Crippen molar-refractivity contribution in [3.05, 3.63) is 0 Å². The van der Waals surface area contributed by atoms with Gasteiger partial charge in [-0.2, -0.15) is 0 Å². The fourth-order valence-electron chi connectivity index (χ4n) is 1.40. The van der Waals surface area contributed by atoms with E-state index in [0.29, 0.717) is 0 Å². The van der Waals surface area contributed by atoms with Gasteiger partial charge < -0.3 is 35.4 Å². The molecule has 3 atom stereocenters. The third-order valence-corrected chi connectivity index (χ3v) is 3.03. The average molecular weight is 268 g/mol. The van der Waals surface area contributed by atoms with Crippen molar-refractivity contribution in [2.45, 2.75) is 19.1 Å². The van der Waals surface area contributed by atoms with Gasteiger partial charge in [0.05, 0.1) is 57.3 Å². The summed E-state index contributed by atoms with van der Waals surface area (Å²) < 4.78 is 5.11. The molecule has 0 aromatic rings. The van der Waals surface area contributed by atoms with E-state index in [1.165, 1.54) is 6.92 Å². The monoisotopic (exact) mass is 268 g/mol. The molecule has 0 saturated carbocycles. The van der Waals surface area contributed by atoms with E-state index >= 15 is 0 Å². The van der Waals surface area contributed by atoms with Gasteiger partial charge in [0.25, 0.3) is 0 Å². The largest absolute Gasteiger partial charge is 0.396 e. The maximum atomic E-state index is 9.66. The first kappa shape index (κ1) is 17.7. The fourth-order valence-corrected chi connectivity index (χ4v) is 1.40. The number of hydrogen-bond acceptors (Lipinski definition) is 7. The van der Waals surface area contributed by atoms with E-state index in [1.807, 2.05) is 0 Å². The lowest BCUT2D eigenvalue weighted by atomic mass is 9.92. The second kappa shape index (κ2) is 8.76. The van der Waals surface area contributed by atoms with Crippen molar-refractivity contribution in [2.24, 2.45) is 11.3 Å². The highest BCUT2D eigenvalue weighted by Gasteiger charge is 2.30. The van der Waals surface area contributed by atoms with Crippen LogP contribution in [0, 0.1) is 11.3 Å². The van der Waals surface area contributed by atoms with Gasteiger partial charge >= 0.3 is 0 Å². The summed E-state index contributed by atoms with van der Waals surface area (Å²) in [4.78, 5) is 0. The predicted molar refractivity (Wildman–Crippen MR) is 62.8 cm³/mol. The van der Waals surface area contributed by atoms with Crippen LogP contribution in [0.5, 0.6) is 0 Å². The van der Waals surface area contributed by atoms with E-state index in [-0.39, 0.29) is 19.8 Å². The highest BCUT2D eigenvalue weighted by molar-refractivity contribution is 4.78. The Balaban J connectivity index is 4.16. The Morgan fingerprint density at radius 2 is 1.50 bits per heavy atom. The van der Waals surface area contributed by atoms with Crippen LogP contribution >= 0.6 is 0 Å². The van der Waals surface area contributed by atoms with Crippen LogP contribution in [0.15, 0.2) is 0 Å². The summed E-state index contributed by atoms with van der Waals surface area (Å²) in [5.74, 6) is -0.725. The molecule has 0 aliphatic heterocycles. The molecule has 7 nitrogen and oxygen atoms in total. The number of aliphatic hydroxyl groups is 6. The topological polar surface area (TPSA) is 131 Å². The lowest BCUT2D eigenvalue weighted by molar-refractivity contribution is -0.0942. The molecular weight excluding hydrogens is 244 g/mol. The molecule has 0 saturated heterocycles. The minimum atomic E-state index is -1.15. The van der Waals surface area contributed by atoms with E-state index < -0.39 is 43.4 Å². The number of ether oxygens (including phenoxy) is 1. The lowest BCUT2D eigenvalue weighted by Gasteiger charge is -2.29. The molecule has 0 amide bonds. The molecule has 18 heavy (non-hydrogen) atoms. The van der Waals surface area contributed by atoms with Crippen molar-refractivity contribution in [1.82, 2.24) is 0 Å². The molecule has 3 unspecified atom stereocenters. The Bertz CT molecular complexity index is 197. The van der Waals surface area contributed by atoms with E-state index in [1.54, 1.807) is 0 Å². The van der Waals surface area contributed by atoms with Crippen molar-refractivity contribution >= 4 is 0 Å². The molecule has 0 rings (SSSR count). The molecule has 0 aromatic heterocycles. The van der Waals surface area contributed by atoms with Crippen LogP contribution < -0.4 is 0 Å². The van der Waals surface area contributed by atoms with Gasteiger partial charge in [0.1, 0.15) is 0 Å². The second-order valence-electron chi connectivity index (χ2n) is 4.64. The van der Waals surface area contributed by atoms with Crippen LogP contribution in [-0.4, -0.2) is 82.5 Å². The molecule has 0 spiro atoms. The number of rotatable bonds is 10. The first-order valence-corrected chi connectivity index (χ1v) is 5.83. The summed E-state index contributed by atoms with van der Waals surface area (Å²) in [5, 5.41) is 55.0. The van der Waals surface area contributed by atoms with Gasteiger partial charge in [-0.05, 0) is 6.92 Å². The van der Waals surface area contributed by atoms with E-state index in [2.05, 4.69) is 0 Å². The van der Waals surface area contributed by atoms with Crippen LogP contribution in [0.25, 0.3) is 0 Å². The van der Waals surface area contributed by atoms with Crippen LogP contribution in [-0.2, 0) is 4.74 Å². The molecule has 0 aromatic carbocycles. The molecule has 0 radical (unpaired) electrons. The Morgan fingerprint density at radius 1 is 1.00 bits per heavy atom. The summed E-state index contributed by atoms with van der Waals surface area (Å²) in [7, 11) is 0. The van der Waals surface area contributed by atoms with E-state index in [4.69, 9.17) is 25.2 Å². The summed E-state index contributed by atoms with van der Waals surface area (Å²) in [5.41, 5.74) is -1.15. The van der Waals surface area contributed by atoms with Crippen molar-refractivity contribution in [3.63, 3.8) is 0 Å². The normalized spacial score (nSPS) is 17.5.